The molecule has 0 aliphatic carbocycles. The second-order valence-electron chi connectivity index (χ2n) is 2.55. The molecular weight excluding hydrogens is 236 g/mol. The lowest BCUT2D eigenvalue weighted by Crippen LogP contribution is -1.85. The Kier molecular flexibility index (Phi) is 1.88. The molecule has 0 fully saturated rings. The molecule has 0 radical (unpaired) electrons. The fraction of sp³-hybridized carbons (Fsp3) is 0.125. The maximum atomic E-state index is 5.57. The van der Waals surface area contributed by atoms with Gasteiger partial charge in [-0.05, 0) is 22.0 Å². The Balaban J connectivity index is 2.76. The van der Waals surface area contributed by atoms with E-state index in [1.54, 1.807) is 13.2 Å². The van der Waals surface area contributed by atoms with Gasteiger partial charge < -0.3 is 15.0 Å². The molecule has 68 valence electrons. The predicted molar refractivity (Wildman–Crippen MR) is 52.7 cm³/mol. The number of hydrogen-bond donors (Lipinski definition) is 1. The highest BCUT2D eigenvalue weighted by Crippen LogP contribution is 2.32. The highest BCUT2D eigenvalue weighted by molar-refractivity contribution is 9.10. The molecule has 0 saturated heterocycles. The van der Waals surface area contributed by atoms with E-state index in [9.17, 15) is 0 Å². The SMILES string of the molecule is COc1cc2onc(N)c2cc1Br. The Morgan fingerprint density at radius 2 is 2.31 bits per heavy atom. The number of methoxy groups -OCH3 is 1. The zero-order valence-corrected chi connectivity index (χ0v) is 8.46. The number of anilines is 1. The number of nitrogens with two attached hydrogens (primary N) is 1. The normalized spacial score (nSPS) is 10.6. The highest BCUT2D eigenvalue weighted by Gasteiger charge is 2.09. The third kappa shape index (κ3) is 1.25. The summed E-state index contributed by atoms with van der Waals surface area (Å²) in [4.78, 5) is 0. The first-order valence-electron chi connectivity index (χ1n) is 3.61. The van der Waals surface area contributed by atoms with Crippen molar-refractivity contribution in [2.24, 2.45) is 0 Å². The first kappa shape index (κ1) is 8.37. The van der Waals surface area contributed by atoms with Crippen molar-refractivity contribution in [1.82, 2.24) is 5.16 Å². The van der Waals surface area contributed by atoms with Gasteiger partial charge in [0.15, 0.2) is 11.4 Å². The van der Waals surface area contributed by atoms with Crippen LogP contribution in [0.1, 0.15) is 0 Å². The predicted octanol–water partition coefficient (Wildman–Crippen LogP) is 2.18. The van der Waals surface area contributed by atoms with Crippen molar-refractivity contribution in [3.8, 4) is 5.75 Å². The molecule has 5 heteroatoms. The minimum atomic E-state index is 0.387. The zero-order chi connectivity index (χ0) is 9.42. The van der Waals surface area contributed by atoms with Crippen LogP contribution in [0, 0.1) is 0 Å². The van der Waals surface area contributed by atoms with Gasteiger partial charge in [0.05, 0.1) is 17.0 Å². The number of fused-ring (bicyclic) bond motifs is 1. The second-order valence-corrected chi connectivity index (χ2v) is 3.41. The van der Waals surface area contributed by atoms with Gasteiger partial charge in [0.2, 0.25) is 0 Å². The molecule has 2 rings (SSSR count). The van der Waals surface area contributed by atoms with Crippen LogP contribution in [0.4, 0.5) is 5.82 Å². The lowest BCUT2D eigenvalue weighted by atomic mass is 10.2. The van der Waals surface area contributed by atoms with E-state index >= 15 is 0 Å². The average molecular weight is 243 g/mol. The Hall–Kier alpha value is -1.23. The molecule has 0 saturated carbocycles. The van der Waals surface area contributed by atoms with Gasteiger partial charge in [-0.2, -0.15) is 0 Å². The summed E-state index contributed by atoms with van der Waals surface area (Å²) in [5.74, 6) is 1.09. The first-order chi connectivity index (χ1) is 6.22. The number of ether oxygens (including phenoxy) is 1. The largest absolute Gasteiger partial charge is 0.495 e. The van der Waals surface area contributed by atoms with Crippen LogP contribution in [0.3, 0.4) is 0 Å². The van der Waals surface area contributed by atoms with Crippen LogP contribution < -0.4 is 10.5 Å². The fourth-order valence-corrected chi connectivity index (χ4v) is 1.62. The number of aromatic nitrogens is 1. The molecule has 2 aromatic rings. The molecule has 1 aromatic carbocycles. The molecule has 1 heterocycles. The van der Waals surface area contributed by atoms with Crippen LogP contribution in [0.5, 0.6) is 5.75 Å². The maximum absolute atomic E-state index is 5.57. The number of nitrogens with zero attached hydrogens (tertiary/aromatic N) is 1. The molecular formula is C8H7BrN2O2. The van der Waals surface area contributed by atoms with Crippen LogP contribution >= 0.6 is 15.9 Å². The van der Waals surface area contributed by atoms with Gasteiger partial charge in [0.1, 0.15) is 5.75 Å². The molecule has 0 atom stereocenters. The van der Waals surface area contributed by atoms with Crippen molar-refractivity contribution < 1.29 is 9.26 Å². The summed E-state index contributed by atoms with van der Waals surface area (Å²) in [6.07, 6.45) is 0. The first-order valence-corrected chi connectivity index (χ1v) is 4.40. The monoisotopic (exact) mass is 242 g/mol. The molecule has 0 amide bonds. The van der Waals surface area contributed by atoms with Gasteiger partial charge in [-0.15, -0.1) is 0 Å². The van der Waals surface area contributed by atoms with Crippen molar-refractivity contribution in [2.75, 3.05) is 12.8 Å². The van der Waals surface area contributed by atoms with Gasteiger partial charge in [-0.3, -0.25) is 0 Å². The zero-order valence-electron chi connectivity index (χ0n) is 6.87. The van der Waals surface area contributed by atoms with Crippen LogP contribution in [0.2, 0.25) is 0 Å². The third-order valence-electron chi connectivity index (χ3n) is 1.77. The molecule has 0 aliphatic heterocycles. The molecule has 13 heavy (non-hydrogen) atoms. The number of nitrogen functional groups attached to an aromatic ring is 1. The Bertz CT molecular complexity index is 453. The smallest absolute Gasteiger partial charge is 0.174 e. The van der Waals surface area contributed by atoms with E-state index < -0.39 is 0 Å². The van der Waals surface area contributed by atoms with E-state index in [0.717, 1.165) is 9.86 Å². The Labute approximate surface area is 82.8 Å². The molecule has 0 spiro atoms. The lowest BCUT2D eigenvalue weighted by molar-refractivity contribution is 0.409. The van der Waals surface area contributed by atoms with Gasteiger partial charge in [-0.25, -0.2) is 0 Å². The van der Waals surface area contributed by atoms with Crippen LogP contribution in [-0.4, -0.2) is 12.3 Å². The van der Waals surface area contributed by atoms with E-state index in [1.807, 2.05) is 6.07 Å². The van der Waals surface area contributed by atoms with Gasteiger partial charge >= 0.3 is 0 Å². The standard InChI is InChI=1S/C8H7BrN2O2/c1-12-7-3-6-4(2-5(7)9)8(10)11-13-6/h2-3H,1H3,(H2,10,11). The van der Waals surface area contributed by atoms with E-state index in [2.05, 4.69) is 21.1 Å². The number of halogens is 1. The van der Waals surface area contributed by atoms with E-state index in [1.165, 1.54) is 0 Å². The summed E-state index contributed by atoms with van der Waals surface area (Å²) in [6.45, 7) is 0. The van der Waals surface area contributed by atoms with Crippen molar-refractivity contribution in [2.45, 2.75) is 0 Å². The second kappa shape index (κ2) is 2.92. The summed E-state index contributed by atoms with van der Waals surface area (Å²) < 4.78 is 10.9. The third-order valence-corrected chi connectivity index (χ3v) is 2.39. The van der Waals surface area contributed by atoms with Crippen LogP contribution in [0.25, 0.3) is 11.0 Å². The number of hydrogen-bond acceptors (Lipinski definition) is 4. The lowest BCUT2D eigenvalue weighted by Gasteiger charge is -2.00. The minimum absolute atomic E-state index is 0.387. The average Bonchev–Trinajstić information content (AvgIpc) is 2.47. The molecule has 1 aromatic heterocycles. The Morgan fingerprint density at radius 1 is 1.54 bits per heavy atom. The van der Waals surface area contributed by atoms with Crippen molar-refractivity contribution in [1.29, 1.82) is 0 Å². The van der Waals surface area contributed by atoms with Gasteiger partial charge in [0.25, 0.3) is 0 Å². The summed E-state index contributed by atoms with van der Waals surface area (Å²) >= 11 is 3.35. The Morgan fingerprint density at radius 3 is 3.00 bits per heavy atom. The molecule has 4 nitrogen and oxygen atoms in total. The summed E-state index contributed by atoms with van der Waals surface area (Å²) in [5, 5.41) is 4.42. The fourth-order valence-electron chi connectivity index (χ4n) is 1.11. The van der Waals surface area contributed by atoms with Gasteiger partial charge in [0, 0.05) is 6.07 Å². The van der Waals surface area contributed by atoms with E-state index in [-0.39, 0.29) is 0 Å². The summed E-state index contributed by atoms with van der Waals surface area (Å²) in [5.41, 5.74) is 6.19. The summed E-state index contributed by atoms with van der Waals surface area (Å²) in [6, 6.07) is 3.56. The van der Waals surface area contributed by atoms with Crippen LogP contribution in [-0.2, 0) is 0 Å². The molecule has 0 bridgehead atoms. The quantitative estimate of drug-likeness (QED) is 0.833. The van der Waals surface area contributed by atoms with E-state index in [0.29, 0.717) is 17.2 Å². The van der Waals surface area contributed by atoms with Gasteiger partial charge in [-0.1, -0.05) is 5.16 Å². The highest BCUT2D eigenvalue weighted by atomic mass is 79.9. The van der Waals surface area contributed by atoms with Crippen molar-refractivity contribution >= 4 is 32.7 Å². The van der Waals surface area contributed by atoms with Crippen LogP contribution in [0.15, 0.2) is 21.1 Å². The van der Waals surface area contributed by atoms with Crippen molar-refractivity contribution in [3.63, 3.8) is 0 Å². The number of rotatable bonds is 1. The minimum Gasteiger partial charge on any atom is -0.495 e. The summed E-state index contributed by atoms with van der Waals surface area (Å²) in [7, 11) is 1.59. The number of benzene rings is 1. The topological polar surface area (TPSA) is 61.3 Å². The molecule has 2 N–H and O–H groups in total. The maximum Gasteiger partial charge on any atom is 0.174 e. The molecule has 0 aliphatic rings. The van der Waals surface area contributed by atoms with E-state index in [4.69, 9.17) is 15.0 Å². The molecule has 0 unspecified atom stereocenters. The van der Waals surface area contributed by atoms with Crippen molar-refractivity contribution in [3.05, 3.63) is 16.6 Å².